The van der Waals surface area contributed by atoms with Crippen LogP contribution in [0.4, 0.5) is 10.5 Å². The second-order valence-electron chi connectivity index (χ2n) is 5.50. The van der Waals surface area contributed by atoms with E-state index in [0.717, 1.165) is 17.7 Å². The Morgan fingerprint density at radius 1 is 1.09 bits per heavy atom. The third-order valence-corrected chi connectivity index (χ3v) is 4.47. The number of amides is 2. The quantitative estimate of drug-likeness (QED) is 0.851. The summed E-state index contributed by atoms with van der Waals surface area (Å²) in [5.41, 5.74) is 1.96. The number of nitrogens with one attached hydrogen (secondary N) is 2. The second kappa shape index (κ2) is 8.48. The van der Waals surface area contributed by atoms with Gasteiger partial charge in [-0.2, -0.15) is 0 Å². The highest BCUT2D eigenvalue weighted by Gasteiger charge is 2.08. The zero-order chi connectivity index (χ0) is 16.7. The highest BCUT2D eigenvalue weighted by molar-refractivity contribution is 7.84. The molecule has 2 aromatic rings. The van der Waals surface area contributed by atoms with Crippen molar-refractivity contribution in [2.24, 2.45) is 0 Å². The fourth-order valence-corrected chi connectivity index (χ4v) is 2.74. The summed E-state index contributed by atoms with van der Waals surface area (Å²) in [6.45, 7) is 1.99. The summed E-state index contributed by atoms with van der Waals surface area (Å²) in [6, 6.07) is 17.1. The minimum atomic E-state index is -1.01. The minimum Gasteiger partial charge on any atom is -0.335 e. The maximum Gasteiger partial charge on any atom is 0.319 e. The standard InChI is InChI=1S/C18H22N2O2S/c1-14(8-9-15-6-4-3-5-7-15)19-18(21)20-16-10-12-17(13-11-16)23(2)22/h3-7,10-14H,8-9H2,1-2H3,(H2,19,20,21)/t14-,23+/m0/s1. The van der Waals surface area contributed by atoms with Crippen LogP contribution >= 0.6 is 0 Å². The molecule has 0 aromatic heterocycles. The van der Waals surface area contributed by atoms with Gasteiger partial charge in [0.1, 0.15) is 0 Å². The summed E-state index contributed by atoms with van der Waals surface area (Å²) in [6.07, 6.45) is 3.44. The van der Waals surface area contributed by atoms with Crippen LogP contribution < -0.4 is 10.6 Å². The maximum atomic E-state index is 12.0. The van der Waals surface area contributed by atoms with Crippen molar-refractivity contribution in [3.8, 4) is 0 Å². The van der Waals surface area contributed by atoms with Gasteiger partial charge < -0.3 is 10.6 Å². The molecule has 0 saturated carbocycles. The molecule has 0 saturated heterocycles. The van der Waals surface area contributed by atoms with E-state index in [1.54, 1.807) is 30.5 Å². The van der Waals surface area contributed by atoms with Crippen LogP contribution in [0, 0.1) is 0 Å². The van der Waals surface area contributed by atoms with Gasteiger partial charge in [0.05, 0.1) is 0 Å². The van der Waals surface area contributed by atoms with Crippen molar-refractivity contribution in [2.75, 3.05) is 11.6 Å². The Labute approximate surface area is 139 Å². The summed E-state index contributed by atoms with van der Waals surface area (Å²) in [4.78, 5) is 12.7. The van der Waals surface area contributed by atoms with Gasteiger partial charge in [0.2, 0.25) is 0 Å². The summed E-state index contributed by atoms with van der Waals surface area (Å²) < 4.78 is 11.3. The number of hydrogen-bond donors (Lipinski definition) is 2. The highest BCUT2D eigenvalue weighted by Crippen LogP contribution is 2.12. The first-order valence-electron chi connectivity index (χ1n) is 7.59. The SMILES string of the molecule is C[C@@H](CCc1ccccc1)NC(=O)Nc1ccc([S@@](C)=O)cc1. The van der Waals surface area contributed by atoms with E-state index in [-0.39, 0.29) is 12.1 Å². The summed E-state index contributed by atoms with van der Waals surface area (Å²) in [5, 5.41) is 5.71. The van der Waals surface area contributed by atoms with E-state index in [2.05, 4.69) is 22.8 Å². The highest BCUT2D eigenvalue weighted by atomic mass is 32.2. The van der Waals surface area contributed by atoms with Gasteiger partial charge in [0, 0.05) is 33.7 Å². The van der Waals surface area contributed by atoms with Gasteiger partial charge in [-0.3, -0.25) is 4.21 Å². The van der Waals surface area contributed by atoms with Gasteiger partial charge >= 0.3 is 6.03 Å². The largest absolute Gasteiger partial charge is 0.335 e. The minimum absolute atomic E-state index is 0.0811. The van der Waals surface area contributed by atoms with Crippen molar-refractivity contribution in [3.63, 3.8) is 0 Å². The number of benzene rings is 2. The van der Waals surface area contributed by atoms with E-state index >= 15 is 0 Å². The zero-order valence-electron chi connectivity index (χ0n) is 13.4. The number of aryl methyl sites for hydroxylation is 1. The molecule has 0 aliphatic heterocycles. The average molecular weight is 330 g/mol. The van der Waals surface area contributed by atoms with Gasteiger partial charge in [-0.15, -0.1) is 0 Å². The molecule has 0 bridgehead atoms. The number of carbonyl (C=O) groups is 1. The Bertz CT molecular complexity index is 656. The van der Waals surface area contributed by atoms with Crippen LogP contribution in [0.15, 0.2) is 59.5 Å². The lowest BCUT2D eigenvalue weighted by Gasteiger charge is -2.15. The van der Waals surface area contributed by atoms with Gasteiger partial charge in [-0.1, -0.05) is 30.3 Å². The molecule has 2 rings (SSSR count). The van der Waals surface area contributed by atoms with E-state index in [1.807, 2.05) is 25.1 Å². The van der Waals surface area contributed by atoms with E-state index in [1.165, 1.54) is 5.56 Å². The average Bonchev–Trinajstić information content (AvgIpc) is 2.54. The molecular formula is C18H22N2O2S. The molecule has 4 nitrogen and oxygen atoms in total. The van der Waals surface area contributed by atoms with Gasteiger partial charge in [-0.25, -0.2) is 4.79 Å². The van der Waals surface area contributed by atoms with Crippen molar-refractivity contribution in [1.82, 2.24) is 5.32 Å². The lowest BCUT2D eigenvalue weighted by Crippen LogP contribution is -2.36. The molecule has 2 amide bonds. The lowest BCUT2D eigenvalue weighted by molar-refractivity contribution is 0.248. The molecule has 0 spiro atoms. The van der Waals surface area contributed by atoms with Crippen molar-refractivity contribution in [2.45, 2.75) is 30.7 Å². The molecule has 5 heteroatoms. The lowest BCUT2D eigenvalue weighted by atomic mass is 10.1. The van der Waals surface area contributed by atoms with E-state index in [0.29, 0.717) is 5.69 Å². The van der Waals surface area contributed by atoms with Crippen LogP contribution in [0.25, 0.3) is 0 Å². The fourth-order valence-electron chi connectivity index (χ4n) is 2.22. The normalized spacial score (nSPS) is 13.1. The van der Waals surface area contributed by atoms with Crippen LogP contribution in [0.2, 0.25) is 0 Å². The molecule has 2 N–H and O–H groups in total. The monoisotopic (exact) mass is 330 g/mol. The Kier molecular flexibility index (Phi) is 6.35. The Morgan fingerprint density at radius 2 is 1.74 bits per heavy atom. The number of urea groups is 1. The Hall–Kier alpha value is -2.14. The summed E-state index contributed by atoms with van der Waals surface area (Å²) in [7, 11) is -1.01. The van der Waals surface area contributed by atoms with Crippen molar-refractivity contribution in [1.29, 1.82) is 0 Å². The molecule has 2 atom stereocenters. The Morgan fingerprint density at radius 3 is 2.35 bits per heavy atom. The molecule has 0 radical (unpaired) electrons. The molecular weight excluding hydrogens is 308 g/mol. The second-order valence-corrected chi connectivity index (χ2v) is 6.88. The van der Waals surface area contributed by atoms with Crippen molar-refractivity contribution < 1.29 is 9.00 Å². The third kappa shape index (κ3) is 5.87. The predicted molar refractivity (Wildman–Crippen MR) is 95.2 cm³/mol. The third-order valence-electron chi connectivity index (χ3n) is 3.53. The number of hydrogen-bond acceptors (Lipinski definition) is 2. The first kappa shape index (κ1) is 17.2. The molecule has 0 aliphatic rings. The van der Waals surface area contributed by atoms with Gasteiger partial charge in [-0.05, 0) is 49.6 Å². The molecule has 23 heavy (non-hydrogen) atoms. The number of carbonyl (C=O) groups excluding carboxylic acids is 1. The van der Waals surface area contributed by atoms with Crippen LogP contribution in [0.1, 0.15) is 18.9 Å². The molecule has 122 valence electrons. The number of rotatable bonds is 6. The molecule has 0 heterocycles. The molecule has 0 unspecified atom stereocenters. The first-order valence-corrected chi connectivity index (χ1v) is 9.15. The number of anilines is 1. The smallest absolute Gasteiger partial charge is 0.319 e. The van der Waals surface area contributed by atoms with Gasteiger partial charge in [0.25, 0.3) is 0 Å². The van der Waals surface area contributed by atoms with E-state index in [4.69, 9.17) is 0 Å². The Balaban J connectivity index is 1.78. The summed E-state index contributed by atoms with van der Waals surface area (Å²) in [5.74, 6) is 0. The maximum absolute atomic E-state index is 12.0. The van der Waals surface area contributed by atoms with Crippen molar-refractivity contribution in [3.05, 3.63) is 60.2 Å². The van der Waals surface area contributed by atoms with E-state index < -0.39 is 10.8 Å². The van der Waals surface area contributed by atoms with Crippen LogP contribution in [-0.4, -0.2) is 22.5 Å². The fraction of sp³-hybridized carbons (Fsp3) is 0.278. The van der Waals surface area contributed by atoms with Crippen molar-refractivity contribution >= 4 is 22.5 Å². The zero-order valence-corrected chi connectivity index (χ0v) is 14.2. The van der Waals surface area contributed by atoms with Crippen LogP contribution in [0.3, 0.4) is 0 Å². The summed E-state index contributed by atoms with van der Waals surface area (Å²) >= 11 is 0. The van der Waals surface area contributed by atoms with Crippen LogP contribution in [0.5, 0.6) is 0 Å². The first-order chi connectivity index (χ1) is 11.0. The molecule has 0 fully saturated rings. The molecule has 2 aromatic carbocycles. The molecule has 0 aliphatic carbocycles. The topological polar surface area (TPSA) is 58.2 Å². The van der Waals surface area contributed by atoms with Gasteiger partial charge in [0.15, 0.2) is 0 Å². The van der Waals surface area contributed by atoms with E-state index in [9.17, 15) is 9.00 Å². The predicted octanol–water partition coefficient (Wildman–Crippen LogP) is 3.57. The van der Waals surface area contributed by atoms with Crippen LogP contribution in [-0.2, 0) is 17.2 Å².